The number of carbonyl (C=O) groups excluding carboxylic acids is 1. The van der Waals surface area contributed by atoms with Crippen molar-refractivity contribution < 1.29 is 9.72 Å². The zero-order valence-corrected chi connectivity index (χ0v) is 6.93. The van der Waals surface area contributed by atoms with Crippen LogP contribution in [-0.2, 0) is 4.79 Å². The molecule has 6 heteroatoms. The molecule has 1 amide bonds. The Morgan fingerprint density at radius 2 is 2.36 bits per heavy atom. The number of primary amides is 1. The fraction of sp³-hybridized carbons (Fsp3) is 0. The van der Waals surface area contributed by atoms with Crippen molar-refractivity contribution in [2.75, 3.05) is 0 Å². The second-order valence-electron chi connectivity index (χ2n) is 2.25. The topological polar surface area (TPSA) is 99.1 Å². The van der Waals surface area contributed by atoms with E-state index in [4.69, 9.17) is 5.73 Å². The van der Waals surface area contributed by atoms with E-state index < -0.39 is 10.8 Å². The Hall–Kier alpha value is -2.42. The first-order chi connectivity index (χ1) is 6.61. The van der Waals surface area contributed by atoms with Gasteiger partial charge >= 0.3 is 5.82 Å². The van der Waals surface area contributed by atoms with Crippen LogP contribution in [-0.4, -0.2) is 15.8 Å². The van der Waals surface area contributed by atoms with Crippen LogP contribution >= 0.6 is 0 Å². The number of nitrogens with two attached hydrogens (primary N) is 1. The molecule has 0 spiro atoms. The molecule has 0 unspecified atom stereocenters. The molecule has 1 aromatic heterocycles. The second kappa shape index (κ2) is 4.00. The van der Waals surface area contributed by atoms with E-state index in [0.717, 1.165) is 0 Å². The van der Waals surface area contributed by atoms with E-state index >= 15 is 0 Å². The molecule has 1 rings (SSSR count). The average molecular weight is 191 g/mol. The predicted octanol–water partition coefficient (Wildman–Crippen LogP) is -0.173. The molecule has 2 N–H and O–H groups in total. The number of pyridine rings is 1. The van der Waals surface area contributed by atoms with Gasteiger partial charge in [-0.2, -0.15) is 0 Å². The van der Waals surface area contributed by atoms with Crippen LogP contribution in [0.3, 0.4) is 0 Å². The highest BCUT2D eigenvalue weighted by molar-refractivity contribution is 5.92. The molecule has 14 heavy (non-hydrogen) atoms. The minimum absolute atomic E-state index is 0.0660. The highest BCUT2D eigenvalue weighted by atomic mass is 16.6. The highest BCUT2D eigenvalue weighted by Gasteiger charge is 2.11. The summed E-state index contributed by atoms with van der Waals surface area (Å²) in [6.07, 6.45) is 1.27. The molecule has 0 atom stereocenters. The lowest BCUT2D eigenvalue weighted by Gasteiger charge is -1.92. The first kappa shape index (κ1) is 9.67. The number of hydrogen-bond acceptors (Lipinski definition) is 4. The van der Waals surface area contributed by atoms with Crippen LogP contribution in [0.15, 0.2) is 18.3 Å². The van der Waals surface area contributed by atoms with Crippen LogP contribution in [0.2, 0.25) is 0 Å². The van der Waals surface area contributed by atoms with Gasteiger partial charge in [0.2, 0.25) is 0 Å². The van der Waals surface area contributed by atoms with Gasteiger partial charge in [-0.3, -0.25) is 4.79 Å². The van der Waals surface area contributed by atoms with Gasteiger partial charge in [0.05, 0.1) is 0 Å². The van der Waals surface area contributed by atoms with Crippen LogP contribution in [0.25, 0.3) is 0 Å². The molecule has 0 saturated carbocycles. The normalized spacial score (nSPS) is 8.57. The van der Waals surface area contributed by atoms with E-state index in [2.05, 4.69) is 10.9 Å². The number of nitrogens with zero attached hydrogens (tertiary/aromatic N) is 2. The molecule has 1 heterocycles. The standard InChI is InChI=1S/C8H5N3O3/c9-7(12)4-3-6-2-1-5-10-8(6)11(13)14/h1-2,5H,(H2,9,12). The third-order valence-electron chi connectivity index (χ3n) is 1.28. The summed E-state index contributed by atoms with van der Waals surface area (Å²) < 4.78 is 0. The van der Waals surface area contributed by atoms with E-state index in [-0.39, 0.29) is 11.4 Å². The van der Waals surface area contributed by atoms with Gasteiger partial charge in [-0.25, -0.2) is 0 Å². The summed E-state index contributed by atoms with van der Waals surface area (Å²) in [5, 5.41) is 10.4. The lowest BCUT2D eigenvalue weighted by atomic mass is 10.2. The third kappa shape index (κ3) is 2.28. The van der Waals surface area contributed by atoms with E-state index in [1.165, 1.54) is 18.3 Å². The SMILES string of the molecule is NC(=O)C#Cc1cccnc1[N+](=O)[O-]. The Morgan fingerprint density at radius 3 is 2.93 bits per heavy atom. The van der Waals surface area contributed by atoms with E-state index in [0.29, 0.717) is 0 Å². The zero-order valence-electron chi connectivity index (χ0n) is 6.93. The van der Waals surface area contributed by atoms with E-state index in [1.54, 1.807) is 0 Å². The average Bonchev–Trinajstić information content (AvgIpc) is 2.15. The fourth-order valence-corrected chi connectivity index (χ4v) is 0.769. The van der Waals surface area contributed by atoms with Crippen molar-refractivity contribution in [2.45, 2.75) is 0 Å². The molecule has 0 aliphatic rings. The minimum atomic E-state index is -0.844. The van der Waals surface area contributed by atoms with Crippen LogP contribution in [0.4, 0.5) is 5.82 Å². The molecule has 0 bridgehead atoms. The smallest absolute Gasteiger partial charge is 0.359 e. The number of aromatic nitrogens is 1. The second-order valence-corrected chi connectivity index (χ2v) is 2.25. The van der Waals surface area contributed by atoms with Gasteiger partial charge in [0.25, 0.3) is 5.91 Å². The molecule has 0 aromatic carbocycles. The Balaban J connectivity index is 3.16. The van der Waals surface area contributed by atoms with Crippen molar-refractivity contribution in [3.63, 3.8) is 0 Å². The lowest BCUT2D eigenvalue weighted by Crippen LogP contribution is -2.06. The maximum atomic E-state index is 10.4. The zero-order chi connectivity index (χ0) is 10.6. The Morgan fingerprint density at radius 1 is 1.64 bits per heavy atom. The molecule has 0 saturated heterocycles. The molecular formula is C8H5N3O3. The number of nitro groups is 1. The summed E-state index contributed by atoms with van der Waals surface area (Å²) >= 11 is 0. The van der Waals surface area contributed by atoms with Crippen molar-refractivity contribution in [1.29, 1.82) is 0 Å². The van der Waals surface area contributed by atoms with Crippen LogP contribution in [0, 0.1) is 22.0 Å². The summed E-state index contributed by atoms with van der Waals surface area (Å²) in [4.78, 5) is 23.6. The lowest BCUT2D eigenvalue weighted by molar-refractivity contribution is -0.389. The summed E-state index contributed by atoms with van der Waals surface area (Å²) in [6, 6.07) is 2.87. The van der Waals surface area contributed by atoms with Crippen molar-refractivity contribution in [2.24, 2.45) is 5.73 Å². The van der Waals surface area contributed by atoms with Crippen molar-refractivity contribution in [3.8, 4) is 11.8 Å². The third-order valence-corrected chi connectivity index (χ3v) is 1.28. The van der Waals surface area contributed by atoms with Crippen LogP contribution in [0.5, 0.6) is 0 Å². The largest absolute Gasteiger partial charge is 0.379 e. The molecule has 70 valence electrons. The van der Waals surface area contributed by atoms with Crippen molar-refractivity contribution >= 4 is 11.7 Å². The molecule has 6 nitrogen and oxygen atoms in total. The van der Waals surface area contributed by atoms with Gasteiger partial charge in [-0.15, -0.1) is 0 Å². The molecule has 0 aliphatic carbocycles. The number of rotatable bonds is 1. The molecule has 0 radical (unpaired) electrons. The Labute approximate surface area is 78.9 Å². The highest BCUT2D eigenvalue weighted by Crippen LogP contribution is 2.11. The quantitative estimate of drug-likeness (QED) is 0.378. The maximum Gasteiger partial charge on any atom is 0.379 e. The monoisotopic (exact) mass is 191 g/mol. The van der Waals surface area contributed by atoms with Crippen LogP contribution in [0.1, 0.15) is 5.56 Å². The van der Waals surface area contributed by atoms with E-state index in [9.17, 15) is 14.9 Å². The van der Waals surface area contributed by atoms with Crippen molar-refractivity contribution in [3.05, 3.63) is 34.0 Å². The van der Waals surface area contributed by atoms with Crippen molar-refractivity contribution in [1.82, 2.24) is 4.98 Å². The van der Waals surface area contributed by atoms with E-state index in [1.807, 2.05) is 5.92 Å². The Bertz CT molecular complexity index is 445. The number of hydrogen-bond donors (Lipinski definition) is 1. The molecule has 1 aromatic rings. The van der Waals surface area contributed by atoms with Crippen LogP contribution < -0.4 is 5.73 Å². The van der Waals surface area contributed by atoms with Gasteiger partial charge in [-0.05, 0) is 28.0 Å². The van der Waals surface area contributed by atoms with Gasteiger partial charge in [0.1, 0.15) is 11.8 Å². The molecule has 0 fully saturated rings. The summed E-state index contributed by atoms with van der Waals surface area (Å²) in [5.41, 5.74) is 4.83. The maximum absolute atomic E-state index is 10.4. The molecular weight excluding hydrogens is 186 g/mol. The number of carbonyl (C=O) groups is 1. The minimum Gasteiger partial charge on any atom is -0.359 e. The Kier molecular flexibility index (Phi) is 2.76. The first-order valence-electron chi connectivity index (χ1n) is 3.52. The number of amides is 1. The van der Waals surface area contributed by atoms with Gasteiger partial charge < -0.3 is 15.8 Å². The predicted molar refractivity (Wildman–Crippen MR) is 47.0 cm³/mol. The van der Waals surface area contributed by atoms with Gasteiger partial charge in [-0.1, -0.05) is 0 Å². The first-order valence-corrected chi connectivity index (χ1v) is 3.52. The summed E-state index contributed by atoms with van der Waals surface area (Å²) in [5.74, 6) is 3.03. The van der Waals surface area contributed by atoms with Gasteiger partial charge in [0, 0.05) is 5.92 Å². The van der Waals surface area contributed by atoms with Gasteiger partial charge in [0.15, 0.2) is 0 Å². The summed E-state index contributed by atoms with van der Waals surface area (Å²) in [6.45, 7) is 0. The summed E-state index contributed by atoms with van der Waals surface area (Å²) in [7, 11) is 0. The fourth-order valence-electron chi connectivity index (χ4n) is 0.769. The molecule has 0 aliphatic heterocycles.